The lowest BCUT2D eigenvalue weighted by molar-refractivity contribution is -0.118. The van der Waals surface area contributed by atoms with E-state index in [2.05, 4.69) is 5.10 Å². The number of rotatable bonds is 7. The van der Waals surface area contributed by atoms with E-state index in [1.807, 2.05) is 20.9 Å². The summed E-state index contributed by atoms with van der Waals surface area (Å²) in [5.41, 5.74) is 7.33. The quantitative estimate of drug-likeness (QED) is 0.828. The lowest BCUT2D eigenvalue weighted by atomic mass is 10.1. The number of aryl methyl sites for hydroxylation is 2. The zero-order valence-corrected chi connectivity index (χ0v) is 12.1. The Hall–Kier alpha value is -0.870. The van der Waals surface area contributed by atoms with Crippen molar-refractivity contribution in [3.05, 3.63) is 16.4 Å². The maximum atomic E-state index is 11.9. The number of halogens is 1. The molecule has 0 aliphatic carbocycles. The number of Topliss-reactive ketones (excluding diaryl/α,β-unsaturated/α-hetero) is 1. The van der Waals surface area contributed by atoms with Crippen LogP contribution in [0.15, 0.2) is 0 Å². The fourth-order valence-electron chi connectivity index (χ4n) is 1.91. The molecule has 18 heavy (non-hydrogen) atoms. The fraction of sp³-hybridized carbons (Fsp3) is 0.692. The Morgan fingerprint density at radius 2 is 2.22 bits per heavy atom. The van der Waals surface area contributed by atoms with Gasteiger partial charge in [-0.3, -0.25) is 9.48 Å². The third kappa shape index (κ3) is 4.10. The highest BCUT2D eigenvalue weighted by Crippen LogP contribution is 2.21. The predicted octanol–water partition coefficient (Wildman–Crippen LogP) is 2.27. The van der Waals surface area contributed by atoms with Gasteiger partial charge in [-0.25, -0.2) is 0 Å². The van der Waals surface area contributed by atoms with Crippen LogP contribution in [0.3, 0.4) is 0 Å². The van der Waals surface area contributed by atoms with Crippen LogP contribution in [0, 0.1) is 0 Å². The average molecular weight is 272 g/mol. The van der Waals surface area contributed by atoms with Crippen molar-refractivity contribution in [3.63, 3.8) is 0 Å². The maximum Gasteiger partial charge on any atom is 0.138 e. The summed E-state index contributed by atoms with van der Waals surface area (Å²) in [5.74, 6) is 0.197. The van der Waals surface area contributed by atoms with Gasteiger partial charge in [-0.15, -0.1) is 0 Å². The molecule has 1 atom stereocenters. The van der Waals surface area contributed by atoms with E-state index in [1.165, 1.54) is 0 Å². The summed E-state index contributed by atoms with van der Waals surface area (Å²) in [5, 5.41) is 4.94. The molecule has 0 amide bonds. The van der Waals surface area contributed by atoms with E-state index in [0.717, 1.165) is 30.7 Å². The number of nitrogens with two attached hydrogens (primary N) is 1. The molecule has 1 heterocycles. The SMILES string of the molecule is CCc1nn(C)c(CC(=O)CCCC(C)N)c1Cl. The van der Waals surface area contributed by atoms with Crippen molar-refractivity contribution >= 4 is 17.4 Å². The summed E-state index contributed by atoms with van der Waals surface area (Å²) in [6.07, 6.45) is 3.43. The number of carbonyl (C=O) groups excluding carboxylic acids is 1. The summed E-state index contributed by atoms with van der Waals surface area (Å²) < 4.78 is 1.71. The van der Waals surface area contributed by atoms with Gasteiger partial charge in [0.1, 0.15) is 5.78 Å². The molecule has 0 saturated heterocycles. The molecule has 0 spiro atoms. The van der Waals surface area contributed by atoms with E-state index < -0.39 is 0 Å². The lowest BCUT2D eigenvalue weighted by Crippen LogP contribution is -2.15. The molecule has 0 aromatic carbocycles. The molecule has 0 radical (unpaired) electrons. The van der Waals surface area contributed by atoms with Crippen LogP contribution < -0.4 is 5.73 Å². The Bertz CT molecular complexity index is 413. The van der Waals surface area contributed by atoms with Gasteiger partial charge in [0.2, 0.25) is 0 Å². The Kier molecular flexibility index (Phi) is 5.82. The van der Waals surface area contributed by atoms with Crippen molar-refractivity contribution in [3.8, 4) is 0 Å². The Labute approximate surface area is 113 Å². The normalized spacial score (nSPS) is 12.7. The van der Waals surface area contributed by atoms with Crippen LogP contribution in [-0.4, -0.2) is 21.6 Å². The van der Waals surface area contributed by atoms with Crippen molar-refractivity contribution in [1.82, 2.24) is 9.78 Å². The first kappa shape index (κ1) is 15.2. The van der Waals surface area contributed by atoms with Crippen LogP contribution in [0.25, 0.3) is 0 Å². The predicted molar refractivity (Wildman–Crippen MR) is 73.8 cm³/mol. The molecule has 1 unspecified atom stereocenters. The molecular weight excluding hydrogens is 250 g/mol. The summed E-state index contributed by atoms with van der Waals surface area (Å²) in [7, 11) is 1.83. The van der Waals surface area contributed by atoms with E-state index in [4.69, 9.17) is 17.3 Å². The van der Waals surface area contributed by atoms with Crippen molar-refractivity contribution in [2.45, 2.75) is 52.0 Å². The number of hydrogen-bond acceptors (Lipinski definition) is 3. The molecule has 5 heteroatoms. The number of carbonyl (C=O) groups is 1. The number of ketones is 1. The Morgan fingerprint density at radius 1 is 1.56 bits per heavy atom. The molecule has 1 rings (SSSR count). The van der Waals surface area contributed by atoms with Gasteiger partial charge in [-0.2, -0.15) is 5.10 Å². The minimum absolute atomic E-state index is 0.157. The van der Waals surface area contributed by atoms with Crippen molar-refractivity contribution in [2.24, 2.45) is 12.8 Å². The first-order valence-electron chi connectivity index (χ1n) is 6.43. The minimum atomic E-state index is 0.157. The second kappa shape index (κ2) is 6.90. The van der Waals surface area contributed by atoms with Gasteiger partial charge in [0, 0.05) is 25.9 Å². The highest BCUT2D eigenvalue weighted by molar-refractivity contribution is 6.32. The molecule has 0 saturated carbocycles. The molecule has 4 nitrogen and oxygen atoms in total. The van der Waals surface area contributed by atoms with Crippen LogP contribution in [0.4, 0.5) is 0 Å². The maximum absolute atomic E-state index is 11.9. The standard InChI is InChI=1S/C13H22ClN3O/c1-4-11-13(14)12(17(3)16-11)8-10(18)7-5-6-9(2)15/h9H,4-8,15H2,1-3H3. The molecule has 0 aliphatic rings. The summed E-state index contributed by atoms with van der Waals surface area (Å²) in [6, 6.07) is 0.157. The number of aromatic nitrogens is 2. The highest BCUT2D eigenvalue weighted by Gasteiger charge is 2.15. The Morgan fingerprint density at radius 3 is 2.72 bits per heavy atom. The van der Waals surface area contributed by atoms with E-state index in [9.17, 15) is 4.79 Å². The van der Waals surface area contributed by atoms with Crippen LogP contribution in [0.1, 0.15) is 44.5 Å². The largest absolute Gasteiger partial charge is 0.328 e. The smallest absolute Gasteiger partial charge is 0.138 e. The Balaban J connectivity index is 2.56. The van der Waals surface area contributed by atoms with Gasteiger partial charge in [0.25, 0.3) is 0 Å². The van der Waals surface area contributed by atoms with E-state index >= 15 is 0 Å². The van der Waals surface area contributed by atoms with Gasteiger partial charge >= 0.3 is 0 Å². The van der Waals surface area contributed by atoms with Gasteiger partial charge < -0.3 is 5.73 Å². The first-order valence-corrected chi connectivity index (χ1v) is 6.81. The topological polar surface area (TPSA) is 60.9 Å². The number of hydrogen-bond donors (Lipinski definition) is 1. The zero-order chi connectivity index (χ0) is 13.7. The van der Waals surface area contributed by atoms with Gasteiger partial charge in [0.15, 0.2) is 0 Å². The average Bonchev–Trinajstić information content (AvgIpc) is 2.56. The zero-order valence-electron chi connectivity index (χ0n) is 11.4. The molecule has 0 bridgehead atoms. The van der Waals surface area contributed by atoms with Crippen molar-refractivity contribution in [1.29, 1.82) is 0 Å². The summed E-state index contributed by atoms with van der Waals surface area (Å²) in [4.78, 5) is 11.9. The molecule has 2 N–H and O–H groups in total. The van der Waals surface area contributed by atoms with E-state index in [1.54, 1.807) is 4.68 Å². The van der Waals surface area contributed by atoms with Crippen LogP contribution in [0.5, 0.6) is 0 Å². The first-order chi connectivity index (χ1) is 8.45. The number of nitrogens with zero attached hydrogens (tertiary/aromatic N) is 2. The third-order valence-corrected chi connectivity index (χ3v) is 3.42. The molecule has 0 aliphatic heterocycles. The van der Waals surface area contributed by atoms with Crippen molar-refractivity contribution < 1.29 is 4.79 Å². The molecule has 1 aromatic heterocycles. The van der Waals surface area contributed by atoms with Gasteiger partial charge in [-0.1, -0.05) is 18.5 Å². The van der Waals surface area contributed by atoms with E-state index in [-0.39, 0.29) is 11.8 Å². The molecule has 0 fully saturated rings. The summed E-state index contributed by atoms with van der Waals surface area (Å²) >= 11 is 6.20. The monoisotopic (exact) mass is 271 g/mol. The van der Waals surface area contributed by atoms with E-state index in [0.29, 0.717) is 17.9 Å². The minimum Gasteiger partial charge on any atom is -0.328 e. The third-order valence-electron chi connectivity index (χ3n) is 2.98. The van der Waals surface area contributed by atoms with Crippen LogP contribution in [0.2, 0.25) is 5.02 Å². The van der Waals surface area contributed by atoms with Crippen LogP contribution >= 0.6 is 11.6 Å². The lowest BCUT2D eigenvalue weighted by Gasteiger charge is -2.05. The fourth-order valence-corrected chi connectivity index (χ4v) is 2.27. The van der Waals surface area contributed by atoms with Crippen LogP contribution in [-0.2, 0) is 24.7 Å². The molecule has 102 valence electrons. The van der Waals surface area contributed by atoms with Gasteiger partial charge in [0.05, 0.1) is 16.4 Å². The second-order valence-corrected chi connectivity index (χ2v) is 5.15. The molecular formula is C13H22ClN3O. The van der Waals surface area contributed by atoms with Crippen molar-refractivity contribution in [2.75, 3.05) is 0 Å². The molecule has 1 aromatic rings. The second-order valence-electron chi connectivity index (χ2n) is 4.77. The van der Waals surface area contributed by atoms with Gasteiger partial charge in [-0.05, 0) is 26.2 Å². The highest BCUT2D eigenvalue weighted by atomic mass is 35.5. The summed E-state index contributed by atoms with van der Waals surface area (Å²) in [6.45, 7) is 3.96.